The first-order valence-corrected chi connectivity index (χ1v) is 11.4. The standard InChI is InChI=1S/C20H18N4O4S2/c1-13-4-2-3-5-17(13)24-18(25)12-16(19(24)26)22-14-6-8-15(9-7-14)30(27,28)23-20-21-10-11-29-20/h2-11,16,22H,12H2,1H3,(H,21,23)/t16-/m1/s1. The van der Waals surface area contributed by atoms with E-state index >= 15 is 0 Å². The summed E-state index contributed by atoms with van der Waals surface area (Å²) in [6, 6.07) is 12.5. The molecule has 1 aromatic heterocycles. The maximum absolute atomic E-state index is 12.8. The van der Waals surface area contributed by atoms with Gasteiger partial charge in [0.2, 0.25) is 5.91 Å². The smallest absolute Gasteiger partial charge is 0.263 e. The number of amides is 2. The molecule has 0 spiro atoms. The van der Waals surface area contributed by atoms with E-state index in [0.29, 0.717) is 11.4 Å². The monoisotopic (exact) mass is 442 g/mol. The Balaban J connectivity index is 1.48. The summed E-state index contributed by atoms with van der Waals surface area (Å²) in [5.74, 6) is -0.616. The van der Waals surface area contributed by atoms with Crippen molar-refractivity contribution in [1.82, 2.24) is 4.98 Å². The second kappa shape index (κ2) is 7.88. The number of hydrogen-bond donors (Lipinski definition) is 2. The summed E-state index contributed by atoms with van der Waals surface area (Å²) in [7, 11) is -3.76. The number of para-hydroxylation sites is 1. The second-order valence-electron chi connectivity index (χ2n) is 6.72. The van der Waals surface area contributed by atoms with Crippen molar-refractivity contribution in [2.24, 2.45) is 0 Å². The summed E-state index contributed by atoms with van der Waals surface area (Å²) in [5.41, 5.74) is 1.95. The molecule has 154 valence electrons. The fraction of sp³-hybridized carbons (Fsp3) is 0.150. The topological polar surface area (TPSA) is 108 Å². The molecule has 8 nitrogen and oxygen atoms in total. The van der Waals surface area contributed by atoms with Crippen LogP contribution in [0.5, 0.6) is 0 Å². The molecule has 2 amide bonds. The predicted molar refractivity (Wildman–Crippen MR) is 115 cm³/mol. The summed E-state index contributed by atoms with van der Waals surface area (Å²) in [5, 5.41) is 4.98. The number of nitrogens with zero attached hydrogens (tertiary/aromatic N) is 2. The van der Waals surface area contributed by atoms with E-state index in [1.807, 2.05) is 19.1 Å². The van der Waals surface area contributed by atoms with Gasteiger partial charge in [-0.15, -0.1) is 11.3 Å². The van der Waals surface area contributed by atoms with Gasteiger partial charge in [-0.05, 0) is 42.8 Å². The van der Waals surface area contributed by atoms with Crippen molar-refractivity contribution >= 4 is 49.7 Å². The van der Waals surface area contributed by atoms with Crippen molar-refractivity contribution in [2.45, 2.75) is 24.3 Å². The third-order valence-corrected chi connectivity index (χ3v) is 6.84. The molecule has 1 aliphatic heterocycles. The van der Waals surface area contributed by atoms with E-state index < -0.39 is 16.1 Å². The number of aromatic nitrogens is 1. The minimum Gasteiger partial charge on any atom is -0.373 e. The average Bonchev–Trinajstić information content (AvgIpc) is 3.31. The molecule has 30 heavy (non-hydrogen) atoms. The Kier molecular flexibility index (Phi) is 5.27. The largest absolute Gasteiger partial charge is 0.373 e. The van der Waals surface area contributed by atoms with Crippen LogP contribution in [0.25, 0.3) is 0 Å². The Morgan fingerprint density at radius 1 is 1.10 bits per heavy atom. The SMILES string of the molecule is Cc1ccccc1N1C(=O)C[C@@H](Nc2ccc(S(=O)(=O)Nc3nccs3)cc2)C1=O. The van der Waals surface area contributed by atoms with E-state index in [1.54, 1.807) is 29.6 Å². The Bertz CT molecular complexity index is 1190. The van der Waals surface area contributed by atoms with E-state index in [0.717, 1.165) is 5.56 Å². The van der Waals surface area contributed by atoms with Gasteiger partial charge in [-0.2, -0.15) is 0 Å². The van der Waals surface area contributed by atoms with Gasteiger partial charge in [0.1, 0.15) is 6.04 Å². The van der Waals surface area contributed by atoms with Crippen LogP contribution in [-0.4, -0.2) is 31.3 Å². The van der Waals surface area contributed by atoms with Crippen LogP contribution in [0.15, 0.2) is 65.0 Å². The predicted octanol–water partition coefficient (Wildman–Crippen LogP) is 3.00. The van der Waals surface area contributed by atoms with Crippen molar-refractivity contribution in [3.63, 3.8) is 0 Å². The molecule has 2 N–H and O–H groups in total. The zero-order chi connectivity index (χ0) is 21.3. The van der Waals surface area contributed by atoms with Crippen LogP contribution < -0.4 is 14.9 Å². The number of rotatable bonds is 6. The Labute approximate surface area is 177 Å². The van der Waals surface area contributed by atoms with Gasteiger partial charge in [0.25, 0.3) is 15.9 Å². The molecule has 2 heterocycles. The van der Waals surface area contributed by atoms with E-state index in [4.69, 9.17) is 0 Å². The van der Waals surface area contributed by atoms with Crippen molar-refractivity contribution in [1.29, 1.82) is 0 Å². The lowest BCUT2D eigenvalue weighted by Gasteiger charge is -2.18. The maximum Gasteiger partial charge on any atom is 0.263 e. The molecule has 0 bridgehead atoms. The van der Waals surface area contributed by atoms with Gasteiger partial charge in [-0.25, -0.2) is 18.3 Å². The molecule has 0 aliphatic carbocycles. The summed E-state index contributed by atoms with van der Waals surface area (Å²) >= 11 is 1.18. The number of carbonyl (C=O) groups is 2. The molecule has 1 aliphatic rings. The van der Waals surface area contributed by atoms with Crippen LogP contribution in [0, 0.1) is 6.92 Å². The normalized spacial score (nSPS) is 16.7. The van der Waals surface area contributed by atoms with Crippen LogP contribution in [0.2, 0.25) is 0 Å². The molecular weight excluding hydrogens is 424 g/mol. The molecule has 0 radical (unpaired) electrons. The molecular formula is C20H18N4O4S2. The Morgan fingerprint density at radius 3 is 2.50 bits per heavy atom. The lowest BCUT2D eigenvalue weighted by atomic mass is 10.2. The summed E-state index contributed by atoms with van der Waals surface area (Å²) < 4.78 is 27.2. The molecule has 4 rings (SSSR count). The van der Waals surface area contributed by atoms with Gasteiger partial charge in [0.15, 0.2) is 5.13 Å². The quantitative estimate of drug-likeness (QED) is 0.568. The van der Waals surface area contributed by atoms with Crippen LogP contribution in [0.4, 0.5) is 16.5 Å². The molecule has 10 heteroatoms. The highest BCUT2D eigenvalue weighted by Crippen LogP contribution is 2.28. The highest BCUT2D eigenvalue weighted by Gasteiger charge is 2.40. The Hall–Kier alpha value is -3.24. The van der Waals surface area contributed by atoms with E-state index in [-0.39, 0.29) is 28.3 Å². The highest BCUT2D eigenvalue weighted by atomic mass is 32.2. The molecule has 0 saturated carbocycles. The van der Waals surface area contributed by atoms with Crippen LogP contribution >= 0.6 is 11.3 Å². The summed E-state index contributed by atoms with van der Waals surface area (Å²) in [6.45, 7) is 1.84. The third-order valence-electron chi connectivity index (χ3n) is 4.66. The minimum absolute atomic E-state index is 0.0266. The lowest BCUT2D eigenvalue weighted by molar-refractivity contribution is -0.121. The number of thiazole rings is 1. The van der Waals surface area contributed by atoms with E-state index in [2.05, 4.69) is 15.0 Å². The first-order valence-electron chi connectivity index (χ1n) is 9.06. The van der Waals surface area contributed by atoms with Crippen molar-refractivity contribution in [2.75, 3.05) is 14.9 Å². The highest BCUT2D eigenvalue weighted by molar-refractivity contribution is 7.93. The van der Waals surface area contributed by atoms with E-state index in [1.165, 1.54) is 34.6 Å². The van der Waals surface area contributed by atoms with Crippen molar-refractivity contribution in [3.8, 4) is 0 Å². The van der Waals surface area contributed by atoms with Gasteiger partial charge in [0.05, 0.1) is 17.0 Å². The van der Waals surface area contributed by atoms with Crippen molar-refractivity contribution < 1.29 is 18.0 Å². The van der Waals surface area contributed by atoms with E-state index in [9.17, 15) is 18.0 Å². The number of nitrogens with one attached hydrogen (secondary N) is 2. The summed E-state index contributed by atoms with van der Waals surface area (Å²) in [6.07, 6.45) is 1.54. The molecule has 1 fully saturated rings. The fourth-order valence-corrected chi connectivity index (χ4v) is 4.98. The van der Waals surface area contributed by atoms with Crippen LogP contribution in [0.3, 0.4) is 0 Å². The number of anilines is 3. The second-order valence-corrected chi connectivity index (χ2v) is 9.30. The molecule has 2 aromatic carbocycles. The zero-order valence-electron chi connectivity index (χ0n) is 15.9. The lowest BCUT2D eigenvalue weighted by Crippen LogP contribution is -2.35. The van der Waals surface area contributed by atoms with Gasteiger partial charge < -0.3 is 5.32 Å². The van der Waals surface area contributed by atoms with Gasteiger partial charge in [-0.3, -0.25) is 14.3 Å². The number of sulfonamides is 1. The minimum atomic E-state index is -3.76. The first-order chi connectivity index (χ1) is 14.3. The zero-order valence-corrected chi connectivity index (χ0v) is 17.5. The Morgan fingerprint density at radius 2 is 1.83 bits per heavy atom. The third kappa shape index (κ3) is 3.91. The van der Waals surface area contributed by atoms with Gasteiger partial charge in [-0.1, -0.05) is 18.2 Å². The molecule has 0 unspecified atom stereocenters. The number of aryl methyl sites for hydroxylation is 1. The fourth-order valence-electron chi connectivity index (χ4n) is 3.19. The maximum atomic E-state index is 12.8. The van der Waals surface area contributed by atoms with Crippen LogP contribution in [-0.2, 0) is 19.6 Å². The number of carbonyl (C=O) groups excluding carboxylic acids is 2. The number of hydrogen-bond acceptors (Lipinski definition) is 7. The molecule has 1 atom stereocenters. The molecule has 1 saturated heterocycles. The van der Waals surface area contributed by atoms with Crippen LogP contribution in [0.1, 0.15) is 12.0 Å². The summed E-state index contributed by atoms with van der Waals surface area (Å²) in [4.78, 5) is 30.4. The van der Waals surface area contributed by atoms with Gasteiger partial charge >= 0.3 is 0 Å². The number of benzene rings is 2. The average molecular weight is 443 g/mol. The van der Waals surface area contributed by atoms with Crippen molar-refractivity contribution in [3.05, 3.63) is 65.7 Å². The first kappa shape index (κ1) is 20.0. The van der Waals surface area contributed by atoms with Gasteiger partial charge in [0, 0.05) is 17.3 Å². The number of imide groups is 1. The molecule has 3 aromatic rings.